The number of nitrogens with zero attached hydrogens (tertiary/aromatic N) is 1. The third kappa shape index (κ3) is 5.51. The molecule has 5 nitrogen and oxygen atoms in total. The molecule has 0 aromatic heterocycles. The monoisotopic (exact) mass is 392 g/mol. The molecule has 0 spiro atoms. The standard InChI is InChI=1S/C19H18Cl2N2O3/c1-3-5-13-8-9-17(18(10-13)25-2)26-12-19(24)23-22-11-14-15(20)6-4-7-16(14)21/h3-4,6-11H,1,5,12H2,2H3,(H,23,24)/b22-11-. The minimum atomic E-state index is -0.429. The second-order valence-corrected chi connectivity index (χ2v) is 6.01. The number of benzene rings is 2. The first-order valence-electron chi connectivity index (χ1n) is 7.71. The van der Waals surface area contributed by atoms with Crippen LogP contribution in [0.25, 0.3) is 0 Å². The van der Waals surface area contributed by atoms with Crippen LogP contribution in [-0.4, -0.2) is 25.8 Å². The number of amides is 1. The molecule has 2 aromatic carbocycles. The van der Waals surface area contributed by atoms with Crippen LogP contribution < -0.4 is 14.9 Å². The van der Waals surface area contributed by atoms with Crippen LogP contribution in [-0.2, 0) is 11.2 Å². The van der Waals surface area contributed by atoms with Gasteiger partial charge in [-0.15, -0.1) is 6.58 Å². The summed E-state index contributed by atoms with van der Waals surface area (Å²) in [4.78, 5) is 11.9. The minimum absolute atomic E-state index is 0.218. The van der Waals surface area contributed by atoms with Crippen molar-refractivity contribution in [3.8, 4) is 11.5 Å². The van der Waals surface area contributed by atoms with Gasteiger partial charge < -0.3 is 9.47 Å². The van der Waals surface area contributed by atoms with Crippen molar-refractivity contribution in [2.75, 3.05) is 13.7 Å². The van der Waals surface area contributed by atoms with E-state index in [4.69, 9.17) is 32.7 Å². The number of rotatable bonds is 8. The number of carbonyl (C=O) groups is 1. The molecule has 0 saturated heterocycles. The smallest absolute Gasteiger partial charge is 0.277 e. The van der Waals surface area contributed by atoms with Gasteiger partial charge in [-0.3, -0.25) is 4.79 Å². The van der Waals surface area contributed by atoms with Gasteiger partial charge in [0.15, 0.2) is 18.1 Å². The van der Waals surface area contributed by atoms with Gasteiger partial charge in [0, 0.05) is 5.56 Å². The summed E-state index contributed by atoms with van der Waals surface area (Å²) in [7, 11) is 1.54. The van der Waals surface area contributed by atoms with Gasteiger partial charge in [0.1, 0.15) is 0 Å². The number of hydrogen-bond acceptors (Lipinski definition) is 4. The van der Waals surface area contributed by atoms with Crippen LogP contribution in [0, 0.1) is 0 Å². The largest absolute Gasteiger partial charge is 0.493 e. The summed E-state index contributed by atoms with van der Waals surface area (Å²) in [6.07, 6.45) is 3.90. The zero-order valence-electron chi connectivity index (χ0n) is 14.2. The second-order valence-electron chi connectivity index (χ2n) is 5.20. The zero-order chi connectivity index (χ0) is 18.9. The molecule has 7 heteroatoms. The number of hydrogen-bond donors (Lipinski definition) is 1. The van der Waals surface area contributed by atoms with E-state index in [-0.39, 0.29) is 6.61 Å². The van der Waals surface area contributed by atoms with E-state index in [1.807, 2.05) is 12.1 Å². The van der Waals surface area contributed by atoms with Gasteiger partial charge in [0.05, 0.1) is 23.4 Å². The van der Waals surface area contributed by atoms with Crippen molar-refractivity contribution in [1.82, 2.24) is 5.43 Å². The molecule has 0 atom stereocenters. The Labute approximate surface area is 162 Å². The molecule has 0 unspecified atom stereocenters. The Balaban J connectivity index is 1.92. The highest BCUT2D eigenvalue weighted by atomic mass is 35.5. The number of allylic oxidation sites excluding steroid dienone is 1. The Morgan fingerprint density at radius 1 is 1.23 bits per heavy atom. The molecule has 0 bridgehead atoms. The summed E-state index contributed by atoms with van der Waals surface area (Å²) in [6.45, 7) is 3.48. The van der Waals surface area contributed by atoms with Crippen LogP contribution in [0.1, 0.15) is 11.1 Å². The number of carbonyl (C=O) groups excluding carboxylic acids is 1. The van der Waals surface area contributed by atoms with Crippen LogP contribution in [0.15, 0.2) is 54.2 Å². The minimum Gasteiger partial charge on any atom is -0.493 e. The highest BCUT2D eigenvalue weighted by Crippen LogP contribution is 2.28. The molecule has 0 aliphatic carbocycles. The van der Waals surface area contributed by atoms with Crippen LogP contribution >= 0.6 is 23.2 Å². The summed E-state index contributed by atoms with van der Waals surface area (Å²) >= 11 is 12.0. The van der Waals surface area contributed by atoms with Gasteiger partial charge >= 0.3 is 0 Å². The lowest BCUT2D eigenvalue weighted by Crippen LogP contribution is -2.24. The van der Waals surface area contributed by atoms with Crippen LogP contribution in [0.3, 0.4) is 0 Å². The van der Waals surface area contributed by atoms with Gasteiger partial charge in [-0.25, -0.2) is 5.43 Å². The fraction of sp³-hybridized carbons (Fsp3) is 0.158. The number of ether oxygens (including phenoxy) is 2. The maximum Gasteiger partial charge on any atom is 0.277 e. The van der Waals surface area contributed by atoms with E-state index >= 15 is 0 Å². The van der Waals surface area contributed by atoms with E-state index in [0.29, 0.717) is 27.1 Å². The van der Waals surface area contributed by atoms with Crippen molar-refractivity contribution in [1.29, 1.82) is 0 Å². The van der Waals surface area contributed by atoms with Crippen molar-refractivity contribution in [2.24, 2.45) is 5.10 Å². The Morgan fingerprint density at radius 2 is 1.96 bits per heavy atom. The molecule has 1 N–H and O–H groups in total. The van der Waals surface area contributed by atoms with Gasteiger partial charge in [0.2, 0.25) is 0 Å². The average Bonchev–Trinajstić information content (AvgIpc) is 2.63. The van der Waals surface area contributed by atoms with E-state index in [1.54, 1.807) is 30.3 Å². The first-order valence-corrected chi connectivity index (χ1v) is 8.47. The van der Waals surface area contributed by atoms with Gasteiger partial charge in [-0.05, 0) is 36.2 Å². The lowest BCUT2D eigenvalue weighted by molar-refractivity contribution is -0.123. The molecule has 0 heterocycles. The molecule has 2 aromatic rings. The predicted molar refractivity (Wildman–Crippen MR) is 105 cm³/mol. The Hall–Kier alpha value is -2.50. The first kappa shape index (κ1) is 19.8. The van der Waals surface area contributed by atoms with Gasteiger partial charge in [-0.2, -0.15) is 5.10 Å². The Bertz CT molecular complexity index is 802. The lowest BCUT2D eigenvalue weighted by Gasteiger charge is -2.11. The summed E-state index contributed by atoms with van der Waals surface area (Å²) < 4.78 is 10.8. The number of nitrogens with one attached hydrogen (secondary N) is 1. The molecule has 26 heavy (non-hydrogen) atoms. The molecular formula is C19H18Cl2N2O3. The summed E-state index contributed by atoms with van der Waals surface area (Å²) in [6, 6.07) is 10.6. The third-order valence-corrected chi connectivity index (χ3v) is 4.01. The maximum atomic E-state index is 11.9. The molecule has 0 aliphatic rings. The average molecular weight is 393 g/mol. The van der Waals surface area contributed by atoms with Crippen molar-refractivity contribution in [2.45, 2.75) is 6.42 Å². The predicted octanol–water partition coefficient (Wildman–Crippen LogP) is 4.26. The van der Waals surface area contributed by atoms with Crippen LogP contribution in [0.4, 0.5) is 0 Å². The fourth-order valence-electron chi connectivity index (χ4n) is 2.10. The molecule has 0 fully saturated rings. The number of hydrazone groups is 1. The topological polar surface area (TPSA) is 59.9 Å². The van der Waals surface area contributed by atoms with E-state index in [0.717, 1.165) is 12.0 Å². The van der Waals surface area contributed by atoms with Gasteiger partial charge in [0.25, 0.3) is 5.91 Å². The van der Waals surface area contributed by atoms with E-state index < -0.39 is 5.91 Å². The van der Waals surface area contributed by atoms with Crippen molar-refractivity contribution < 1.29 is 14.3 Å². The highest BCUT2D eigenvalue weighted by Gasteiger charge is 2.08. The van der Waals surface area contributed by atoms with E-state index in [2.05, 4.69) is 17.1 Å². The normalized spacial score (nSPS) is 10.6. The van der Waals surface area contributed by atoms with Gasteiger partial charge in [-0.1, -0.05) is 41.4 Å². The van der Waals surface area contributed by atoms with Crippen molar-refractivity contribution in [3.63, 3.8) is 0 Å². The Morgan fingerprint density at radius 3 is 2.62 bits per heavy atom. The molecule has 0 saturated carbocycles. The maximum absolute atomic E-state index is 11.9. The molecule has 0 radical (unpaired) electrons. The van der Waals surface area contributed by atoms with Crippen molar-refractivity contribution >= 4 is 35.3 Å². The molecule has 0 aliphatic heterocycles. The quantitative estimate of drug-likeness (QED) is 0.414. The number of halogens is 2. The first-order chi connectivity index (χ1) is 12.5. The Kier molecular flexibility index (Phi) is 7.51. The van der Waals surface area contributed by atoms with Crippen LogP contribution in [0.2, 0.25) is 10.0 Å². The van der Waals surface area contributed by atoms with Crippen LogP contribution in [0.5, 0.6) is 11.5 Å². The van der Waals surface area contributed by atoms with Crippen molar-refractivity contribution in [3.05, 3.63) is 70.2 Å². The molecule has 2 rings (SSSR count). The fourth-order valence-corrected chi connectivity index (χ4v) is 2.60. The molecule has 136 valence electrons. The second kappa shape index (κ2) is 9.85. The summed E-state index contributed by atoms with van der Waals surface area (Å²) in [5.41, 5.74) is 3.92. The SMILES string of the molecule is C=CCc1ccc(OCC(=O)N/N=C\c2c(Cl)cccc2Cl)c(OC)c1. The number of methoxy groups -OCH3 is 1. The van der Waals surface area contributed by atoms with E-state index in [1.165, 1.54) is 13.3 Å². The zero-order valence-corrected chi connectivity index (χ0v) is 15.7. The molecule has 1 amide bonds. The highest BCUT2D eigenvalue weighted by molar-refractivity contribution is 6.38. The van der Waals surface area contributed by atoms with E-state index in [9.17, 15) is 4.79 Å². The third-order valence-electron chi connectivity index (χ3n) is 3.35. The molecular weight excluding hydrogens is 375 g/mol. The summed E-state index contributed by atoms with van der Waals surface area (Å²) in [5, 5.41) is 4.72. The summed E-state index contributed by atoms with van der Waals surface area (Å²) in [5.74, 6) is 0.582. The lowest BCUT2D eigenvalue weighted by atomic mass is 10.1.